The van der Waals surface area contributed by atoms with Gasteiger partial charge in [0, 0.05) is 9.85 Å². The molecule has 0 aliphatic rings. The lowest BCUT2D eigenvalue weighted by atomic mass is 10.5. The molecule has 1 heterocycles. The van der Waals surface area contributed by atoms with E-state index in [1.807, 2.05) is 5.38 Å². The summed E-state index contributed by atoms with van der Waals surface area (Å²) >= 11 is 8.41. The number of hydrogen-bond donors (Lipinski definition) is 0. The largest absolute Gasteiger partial charge is 0.483 e. The Labute approximate surface area is 87.0 Å². The molecule has 1 rings (SSSR count). The van der Waals surface area contributed by atoms with Gasteiger partial charge in [-0.25, -0.2) is 0 Å². The monoisotopic (exact) mass is 298 g/mol. The summed E-state index contributed by atoms with van der Waals surface area (Å²) in [6.45, 7) is 2.88. The number of ether oxygens (including phenoxy) is 1. The molecule has 0 bridgehead atoms. The second-order valence-corrected chi connectivity index (χ2v) is 4.52. The van der Waals surface area contributed by atoms with Crippen LogP contribution in [0.25, 0.3) is 0 Å². The summed E-state index contributed by atoms with van der Waals surface area (Å²) < 4.78 is 7.54. The standard InChI is InChI=1S/C7H8Br2OS/c1-2-3-10-7-6(9)5(8)4-11-7/h4H,2-3H2,1H3. The molecule has 4 heteroatoms. The smallest absolute Gasteiger partial charge is 0.189 e. The van der Waals surface area contributed by atoms with Gasteiger partial charge in [-0.05, 0) is 38.3 Å². The van der Waals surface area contributed by atoms with Crippen molar-refractivity contribution in [3.63, 3.8) is 0 Å². The molecule has 62 valence electrons. The van der Waals surface area contributed by atoms with Gasteiger partial charge in [-0.2, -0.15) is 0 Å². The molecule has 0 unspecified atom stereocenters. The van der Waals surface area contributed by atoms with Gasteiger partial charge >= 0.3 is 0 Å². The van der Waals surface area contributed by atoms with Gasteiger partial charge in [-0.15, -0.1) is 11.3 Å². The lowest BCUT2D eigenvalue weighted by Crippen LogP contribution is -1.92. The van der Waals surface area contributed by atoms with Crippen LogP contribution in [0, 0.1) is 0 Å². The Bertz CT molecular complexity index is 234. The molecule has 0 saturated heterocycles. The highest BCUT2D eigenvalue weighted by Gasteiger charge is 2.06. The van der Waals surface area contributed by atoms with E-state index < -0.39 is 0 Å². The zero-order valence-electron chi connectivity index (χ0n) is 6.06. The first-order valence-electron chi connectivity index (χ1n) is 3.31. The van der Waals surface area contributed by atoms with Crippen LogP contribution in [-0.4, -0.2) is 6.61 Å². The Hall–Kier alpha value is 0.460. The molecule has 0 fully saturated rings. The predicted octanol–water partition coefficient (Wildman–Crippen LogP) is 4.06. The highest BCUT2D eigenvalue weighted by Crippen LogP contribution is 2.38. The Kier molecular flexibility index (Phi) is 3.89. The molecule has 0 aliphatic heterocycles. The summed E-state index contributed by atoms with van der Waals surface area (Å²) in [5, 5.41) is 2.97. The molecule has 0 aliphatic carbocycles. The third-order valence-corrected chi connectivity index (χ3v) is 4.50. The van der Waals surface area contributed by atoms with Crippen molar-refractivity contribution in [1.29, 1.82) is 0 Å². The Balaban J connectivity index is 2.63. The molecular weight excluding hydrogens is 292 g/mol. The topological polar surface area (TPSA) is 9.23 Å². The third kappa shape index (κ3) is 2.46. The highest BCUT2D eigenvalue weighted by atomic mass is 79.9. The van der Waals surface area contributed by atoms with Crippen molar-refractivity contribution in [2.45, 2.75) is 13.3 Å². The van der Waals surface area contributed by atoms with E-state index in [9.17, 15) is 0 Å². The van der Waals surface area contributed by atoms with E-state index in [2.05, 4.69) is 38.8 Å². The summed E-state index contributed by atoms with van der Waals surface area (Å²) in [6.07, 6.45) is 1.04. The van der Waals surface area contributed by atoms with Crippen molar-refractivity contribution in [3.05, 3.63) is 14.3 Å². The van der Waals surface area contributed by atoms with Crippen molar-refractivity contribution < 1.29 is 4.74 Å². The van der Waals surface area contributed by atoms with Crippen LogP contribution < -0.4 is 4.74 Å². The van der Waals surface area contributed by atoms with Crippen LogP contribution >= 0.6 is 43.2 Å². The molecular formula is C7H8Br2OS. The molecule has 0 saturated carbocycles. The predicted molar refractivity (Wildman–Crippen MR) is 55.5 cm³/mol. The first-order chi connectivity index (χ1) is 5.25. The third-order valence-electron chi connectivity index (χ3n) is 1.10. The lowest BCUT2D eigenvalue weighted by molar-refractivity contribution is 0.325. The minimum absolute atomic E-state index is 0.783. The van der Waals surface area contributed by atoms with Gasteiger partial charge in [0.1, 0.15) is 0 Å². The van der Waals surface area contributed by atoms with E-state index in [1.165, 1.54) is 0 Å². The van der Waals surface area contributed by atoms with Crippen molar-refractivity contribution in [3.8, 4) is 5.06 Å². The number of rotatable bonds is 3. The highest BCUT2D eigenvalue weighted by molar-refractivity contribution is 9.13. The van der Waals surface area contributed by atoms with E-state index in [1.54, 1.807) is 11.3 Å². The summed E-state index contributed by atoms with van der Waals surface area (Å²) in [5.41, 5.74) is 0. The number of halogens is 2. The molecule has 0 atom stereocenters. The summed E-state index contributed by atoms with van der Waals surface area (Å²) in [4.78, 5) is 0. The maximum atomic E-state index is 5.45. The van der Waals surface area contributed by atoms with E-state index in [-0.39, 0.29) is 0 Å². The molecule has 0 radical (unpaired) electrons. The average Bonchev–Trinajstić information content (AvgIpc) is 2.31. The van der Waals surface area contributed by atoms with Crippen LogP contribution in [0.2, 0.25) is 0 Å². The molecule has 1 nitrogen and oxygen atoms in total. The second kappa shape index (κ2) is 4.48. The van der Waals surface area contributed by atoms with Crippen molar-refractivity contribution >= 4 is 43.2 Å². The maximum absolute atomic E-state index is 5.45. The van der Waals surface area contributed by atoms with Gasteiger partial charge in [0.05, 0.1) is 11.1 Å². The molecule has 11 heavy (non-hydrogen) atoms. The molecule has 0 spiro atoms. The molecule has 0 N–H and O–H groups in total. The van der Waals surface area contributed by atoms with Crippen LogP contribution in [-0.2, 0) is 0 Å². The molecule has 0 aromatic carbocycles. The summed E-state index contributed by atoms with van der Waals surface area (Å²) in [6, 6.07) is 0. The normalized spacial score (nSPS) is 10.1. The summed E-state index contributed by atoms with van der Waals surface area (Å²) in [5.74, 6) is 0. The first-order valence-corrected chi connectivity index (χ1v) is 5.77. The molecule has 1 aromatic heterocycles. The van der Waals surface area contributed by atoms with Crippen molar-refractivity contribution in [2.24, 2.45) is 0 Å². The fourth-order valence-corrected chi connectivity index (χ4v) is 2.54. The van der Waals surface area contributed by atoms with Gasteiger partial charge in [0.25, 0.3) is 0 Å². The SMILES string of the molecule is CCCOc1scc(Br)c1Br. The van der Waals surface area contributed by atoms with Crippen molar-refractivity contribution in [2.75, 3.05) is 6.61 Å². The van der Waals surface area contributed by atoms with Crippen LogP contribution in [0.5, 0.6) is 5.06 Å². The lowest BCUT2D eigenvalue weighted by Gasteiger charge is -2.00. The van der Waals surface area contributed by atoms with Crippen molar-refractivity contribution in [1.82, 2.24) is 0 Å². The molecule has 0 amide bonds. The quantitative estimate of drug-likeness (QED) is 0.818. The Morgan fingerprint density at radius 3 is 2.73 bits per heavy atom. The van der Waals surface area contributed by atoms with E-state index in [0.717, 1.165) is 27.0 Å². The number of hydrogen-bond acceptors (Lipinski definition) is 2. The second-order valence-electron chi connectivity index (χ2n) is 2.03. The van der Waals surface area contributed by atoms with Gasteiger partial charge in [-0.1, -0.05) is 6.92 Å². The van der Waals surface area contributed by atoms with E-state index in [4.69, 9.17) is 4.74 Å². The van der Waals surface area contributed by atoms with Crippen LogP contribution in [0.3, 0.4) is 0 Å². The zero-order valence-corrected chi connectivity index (χ0v) is 10.1. The van der Waals surface area contributed by atoms with E-state index >= 15 is 0 Å². The minimum Gasteiger partial charge on any atom is -0.483 e. The average molecular weight is 300 g/mol. The summed E-state index contributed by atoms with van der Waals surface area (Å²) in [7, 11) is 0. The van der Waals surface area contributed by atoms with Gasteiger partial charge < -0.3 is 4.74 Å². The zero-order chi connectivity index (χ0) is 8.27. The van der Waals surface area contributed by atoms with Gasteiger partial charge in [0.2, 0.25) is 0 Å². The molecule has 1 aromatic rings. The van der Waals surface area contributed by atoms with Gasteiger partial charge in [-0.3, -0.25) is 0 Å². The van der Waals surface area contributed by atoms with E-state index in [0.29, 0.717) is 0 Å². The first kappa shape index (κ1) is 9.55. The fourth-order valence-electron chi connectivity index (χ4n) is 0.598. The fraction of sp³-hybridized carbons (Fsp3) is 0.429. The Morgan fingerprint density at radius 2 is 2.27 bits per heavy atom. The number of thiophene rings is 1. The Morgan fingerprint density at radius 1 is 1.55 bits per heavy atom. The van der Waals surface area contributed by atoms with Crippen LogP contribution in [0.15, 0.2) is 14.3 Å². The minimum atomic E-state index is 0.783. The maximum Gasteiger partial charge on any atom is 0.189 e. The van der Waals surface area contributed by atoms with Gasteiger partial charge in [0.15, 0.2) is 5.06 Å². The van der Waals surface area contributed by atoms with Crippen LogP contribution in [0.4, 0.5) is 0 Å². The van der Waals surface area contributed by atoms with Crippen LogP contribution in [0.1, 0.15) is 13.3 Å².